The predicted octanol–water partition coefficient (Wildman–Crippen LogP) is 13.5. The van der Waals surface area contributed by atoms with Crippen LogP contribution in [0.5, 0.6) is 0 Å². The SMILES string of the molecule is CCCCCCCC/C=C\CCCCCCCC(=O)OC(CCCCCCCCCCCCCCCC)CCCCC(=O)O. The number of hydrogen-bond acceptors (Lipinski definition) is 3. The molecular formula is C40H76O4. The number of esters is 1. The van der Waals surface area contributed by atoms with Gasteiger partial charge in [0.25, 0.3) is 0 Å². The van der Waals surface area contributed by atoms with Crippen LogP contribution in [0, 0.1) is 0 Å². The third-order valence-corrected chi connectivity index (χ3v) is 8.99. The van der Waals surface area contributed by atoms with Crippen LogP contribution in [0.15, 0.2) is 12.2 Å². The zero-order valence-electron chi connectivity index (χ0n) is 29.7. The first-order valence-corrected chi connectivity index (χ1v) is 19.7. The van der Waals surface area contributed by atoms with E-state index in [1.54, 1.807) is 0 Å². The van der Waals surface area contributed by atoms with Crippen molar-refractivity contribution < 1.29 is 19.4 Å². The molecular weight excluding hydrogens is 544 g/mol. The number of hydrogen-bond donors (Lipinski definition) is 1. The van der Waals surface area contributed by atoms with Gasteiger partial charge in [-0.15, -0.1) is 0 Å². The van der Waals surface area contributed by atoms with Crippen LogP contribution >= 0.6 is 0 Å². The van der Waals surface area contributed by atoms with Gasteiger partial charge in [0.1, 0.15) is 6.10 Å². The van der Waals surface area contributed by atoms with Crippen molar-refractivity contribution in [2.45, 2.75) is 232 Å². The van der Waals surface area contributed by atoms with E-state index in [1.165, 1.54) is 154 Å². The highest BCUT2D eigenvalue weighted by Gasteiger charge is 2.14. The summed E-state index contributed by atoms with van der Waals surface area (Å²) >= 11 is 0. The molecule has 44 heavy (non-hydrogen) atoms. The van der Waals surface area contributed by atoms with Crippen LogP contribution in [0.3, 0.4) is 0 Å². The zero-order valence-corrected chi connectivity index (χ0v) is 29.7. The third kappa shape index (κ3) is 35.2. The molecule has 4 nitrogen and oxygen atoms in total. The molecule has 0 bridgehead atoms. The number of carbonyl (C=O) groups is 2. The van der Waals surface area contributed by atoms with Crippen LogP contribution in [0.2, 0.25) is 0 Å². The summed E-state index contributed by atoms with van der Waals surface area (Å²) in [5.74, 6) is -0.800. The quantitative estimate of drug-likeness (QED) is 0.0430. The molecule has 0 amide bonds. The summed E-state index contributed by atoms with van der Waals surface area (Å²) in [6, 6.07) is 0. The maximum absolute atomic E-state index is 12.6. The zero-order chi connectivity index (χ0) is 32.2. The van der Waals surface area contributed by atoms with Crippen molar-refractivity contribution in [1.82, 2.24) is 0 Å². The molecule has 0 aliphatic heterocycles. The van der Waals surface area contributed by atoms with Crippen molar-refractivity contribution in [3.63, 3.8) is 0 Å². The van der Waals surface area contributed by atoms with E-state index in [2.05, 4.69) is 26.0 Å². The van der Waals surface area contributed by atoms with Crippen LogP contribution < -0.4 is 0 Å². The molecule has 0 aromatic carbocycles. The largest absolute Gasteiger partial charge is 0.481 e. The maximum atomic E-state index is 12.6. The van der Waals surface area contributed by atoms with E-state index in [9.17, 15) is 9.59 Å². The van der Waals surface area contributed by atoms with Crippen LogP contribution in [0.1, 0.15) is 226 Å². The number of carboxylic acid groups (broad SMARTS) is 1. The Hall–Kier alpha value is -1.32. The smallest absolute Gasteiger partial charge is 0.306 e. The first-order valence-electron chi connectivity index (χ1n) is 19.7. The molecule has 0 aromatic heterocycles. The maximum Gasteiger partial charge on any atom is 0.306 e. The Morgan fingerprint density at radius 3 is 1.25 bits per heavy atom. The van der Waals surface area contributed by atoms with E-state index < -0.39 is 5.97 Å². The molecule has 260 valence electrons. The van der Waals surface area contributed by atoms with Gasteiger partial charge in [-0.3, -0.25) is 9.59 Å². The van der Waals surface area contributed by atoms with E-state index in [-0.39, 0.29) is 18.5 Å². The van der Waals surface area contributed by atoms with Crippen molar-refractivity contribution in [2.75, 3.05) is 0 Å². The molecule has 1 N–H and O–H groups in total. The molecule has 4 heteroatoms. The Kier molecular flexibility index (Phi) is 35.1. The summed E-state index contributed by atoms with van der Waals surface area (Å²) in [5.41, 5.74) is 0. The Balaban J connectivity index is 3.88. The average Bonchev–Trinajstić information content (AvgIpc) is 3.01. The molecule has 0 saturated carbocycles. The molecule has 0 aliphatic rings. The van der Waals surface area contributed by atoms with Crippen molar-refractivity contribution in [1.29, 1.82) is 0 Å². The molecule has 0 fully saturated rings. The molecule has 0 radical (unpaired) electrons. The van der Waals surface area contributed by atoms with Crippen LogP contribution in [-0.2, 0) is 14.3 Å². The Morgan fingerprint density at radius 1 is 0.477 bits per heavy atom. The van der Waals surface area contributed by atoms with E-state index >= 15 is 0 Å². The molecule has 0 aromatic rings. The fourth-order valence-corrected chi connectivity index (χ4v) is 6.06. The second-order valence-corrected chi connectivity index (χ2v) is 13.5. The van der Waals surface area contributed by atoms with Crippen LogP contribution in [-0.4, -0.2) is 23.1 Å². The van der Waals surface area contributed by atoms with E-state index in [4.69, 9.17) is 9.84 Å². The highest BCUT2D eigenvalue weighted by atomic mass is 16.5. The van der Waals surface area contributed by atoms with Gasteiger partial charge in [0, 0.05) is 12.8 Å². The van der Waals surface area contributed by atoms with Gasteiger partial charge >= 0.3 is 11.9 Å². The second-order valence-electron chi connectivity index (χ2n) is 13.5. The van der Waals surface area contributed by atoms with Gasteiger partial charge in [-0.2, -0.15) is 0 Å². The lowest BCUT2D eigenvalue weighted by molar-refractivity contribution is -0.150. The number of unbranched alkanes of at least 4 members (excludes halogenated alkanes) is 25. The molecule has 0 aliphatic carbocycles. The molecule has 1 unspecified atom stereocenters. The normalized spacial score (nSPS) is 12.2. The summed E-state index contributed by atoms with van der Waals surface area (Å²) in [6.45, 7) is 4.55. The van der Waals surface area contributed by atoms with Crippen molar-refractivity contribution in [2.24, 2.45) is 0 Å². The van der Waals surface area contributed by atoms with Crippen molar-refractivity contribution in [3.8, 4) is 0 Å². The standard InChI is InChI=1S/C40H76O4/c1-3-5-7-9-11-13-15-17-19-21-23-25-27-29-31-37-40(43)44-38(35-32-33-36-39(41)42)34-30-28-26-24-22-20-18-16-14-12-10-8-6-4-2/h17,19,38H,3-16,18,20-37H2,1-2H3,(H,41,42)/b19-17-. The van der Waals surface area contributed by atoms with Gasteiger partial charge in [0.05, 0.1) is 0 Å². The molecule has 0 heterocycles. The summed E-state index contributed by atoms with van der Waals surface area (Å²) in [4.78, 5) is 23.4. The Morgan fingerprint density at radius 2 is 0.818 bits per heavy atom. The fourth-order valence-electron chi connectivity index (χ4n) is 6.06. The van der Waals surface area contributed by atoms with Crippen molar-refractivity contribution >= 4 is 11.9 Å². The average molecular weight is 621 g/mol. The molecule has 0 spiro atoms. The lowest BCUT2D eigenvalue weighted by atomic mass is 10.0. The summed E-state index contributed by atoms with van der Waals surface area (Å²) in [7, 11) is 0. The lowest BCUT2D eigenvalue weighted by Gasteiger charge is -2.18. The van der Waals surface area contributed by atoms with Gasteiger partial charge in [0.15, 0.2) is 0 Å². The highest BCUT2D eigenvalue weighted by Crippen LogP contribution is 2.18. The third-order valence-electron chi connectivity index (χ3n) is 8.99. The van der Waals surface area contributed by atoms with Gasteiger partial charge in [-0.1, -0.05) is 161 Å². The molecule has 0 saturated heterocycles. The van der Waals surface area contributed by atoms with E-state index in [0.717, 1.165) is 38.5 Å². The minimum atomic E-state index is -0.741. The topological polar surface area (TPSA) is 63.6 Å². The number of carboxylic acids is 1. The van der Waals surface area contributed by atoms with Crippen LogP contribution in [0.25, 0.3) is 0 Å². The minimum absolute atomic E-state index is 0.0447. The number of carbonyl (C=O) groups excluding carboxylic acids is 1. The Bertz CT molecular complexity index is 629. The first-order chi connectivity index (χ1) is 21.6. The second kappa shape index (κ2) is 36.2. The van der Waals surface area contributed by atoms with Gasteiger partial charge in [-0.05, 0) is 64.2 Å². The van der Waals surface area contributed by atoms with Crippen molar-refractivity contribution in [3.05, 3.63) is 12.2 Å². The molecule has 0 rings (SSSR count). The van der Waals surface area contributed by atoms with E-state index in [1.807, 2.05) is 0 Å². The minimum Gasteiger partial charge on any atom is -0.481 e. The van der Waals surface area contributed by atoms with E-state index in [0.29, 0.717) is 12.8 Å². The first kappa shape index (κ1) is 42.7. The summed E-state index contributed by atoms with van der Waals surface area (Å²) < 4.78 is 5.89. The fraction of sp³-hybridized carbons (Fsp3) is 0.900. The molecule has 1 atom stereocenters. The number of allylic oxidation sites excluding steroid dienone is 2. The van der Waals surface area contributed by atoms with Crippen LogP contribution in [0.4, 0.5) is 0 Å². The van der Waals surface area contributed by atoms with Gasteiger partial charge < -0.3 is 9.84 Å². The number of aliphatic carboxylic acids is 1. The number of rotatable bonds is 36. The van der Waals surface area contributed by atoms with Gasteiger partial charge in [-0.25, -0.2) is 0 Å². The van der Waals surface area contributed by atoms with Gasteiger partial charge in [0.2, 0.25) is 0 Å². The Labute approximate surface area is 275 Å². The monoisotopic (exact) mass is 621 g/mol. The lowest BCUT2D eigenvalue weighted by Crippen LogP contribution is -2.18. The summed E-state index contributed by atoms with van der Waals surface area (Å²) in [6.07, 6.45) is 43.7. The summed E-state index contributed by atoms with van der Waals surface area (Å²) in [5, 5.41) is 8.94. The number of ether oxygens (including phenoxy) is 1. The highest BCUT2D eigenvalue weighted by molar-refractivity contribution is 5.69. The predicted molar refractivity (Wildman–Crippen MR) is 190 cm³/mol.